The molecule has 0 saturated carbocycles. The van der Waals surface area contributed by atoms with E-state index in [9.17, 15) is 8.42 Å². The minimum Gasteiger partial charge on any atom is -0.493 e. The highest BCUT2D eigenvalue weighted by molar-refractivity contribution is 7.86. The van der Waals surface area contributed by atoms with Crippen LogP contribution in [0.5, 0.6) is 11.5 Å². The van der Waals surface area contributed by atoms with Crippen LogP contribution in [0.3, 0.4) is 0 Å². The van der Waals surface area contributed by atoms with E-state index in [0.29, 0.717) is 30.6 Å². The summed E-state index contributed by atoms with van der Waals surface area (Å²) in [6, 6.07) is 7.75. The molecule has 0 N–H and O–H groups in total. The fraction of sp³-hybridized carbons (Fsp3) is 0.526. The number of ether oxygens (including phenoxy) is 2. The van der Waals surface area contributed by atoms with Gasteiger partial charge in [0.15, 0.2) is 11.5 Å². The summed E-state index contributed by atoms with van der Waals surface area (Å²) in [5, 5.41) is 1.01. The van der Waals surface area contributed by atoms with Gasteiger partial charge in [-0.05, 0) is 44.0 Å². The molecular weight excluding hydrogens is 368 g/mol. The van der Waals surface area contributed by atoms with Gasteiger partial charge in [0, 0.05) is 24.2 Å². The third kappa shape index (κ3) is 5.31. The lowest BCUT2D eigenvalue weighted by atomic mass is 9.98. The number of aromatic nitrogens is 1. The molecular formula is C19H26N2O5S. The first-order valence-electron chi connectivity index (χ1n) is 9.07. The molecule has 0 bridgehead atoms. The highest BCUT2D eigenvalue weighted by Crippen LogP contribution is 2.32. The minimum atomic E-state index is -3.39. The van der Waals surface area contributed by atoms with Crippen molar-refractivity contribution >= 4 is 21.0 Å². The molecule has 27 heavy (non-hydrogen) atoms. The molecule has 1 aliphatic heterocycles. The predicted molar refractivity (Wildman–Crippen MR) is 104 cm³/mol. The van der Waals surface area contributed by atoms with E-state index in [-0.39, 0.29) is 5.75 Å². The van der Waals surface area contributed by atoms with Crippen LogP contribution in [0.15, 0.2) is 30.5 Å². The highest BCUT2D eigenvalue weighted by atomic mass is 32.2. The van der Waals surface area contributed by atoms with Crippen molar-refractivity contribution < 1.29 is 22.1 Å². The molecule has 0 unspecified atom stereocenters. The number of piperidine rings is 1. The van der Waals surface area contributed by atoms with Gasteiger partial charge < -0.3 is 14.4 Å². The predicted octanol–water partition coefficient (Wildman–Crippen LogP) is 2.31. The topological polar surface area (TPSA) is 78.0 Å². The van der Waals surface area contributed by atoms with E-state index in [1.807, 2.05) is 24.3 Å². The zero-order valence-corrected chi connectivity index (χ0v) is 16.6. The summed E-state index contributed by atoms with van der Waals surface area (Å²) in [6.07, 6.45) is 3.71. The number of hydrogen-bond acceptors (Lipinski definition) is 7. The number of methoxy groups -OCH3 is 1. The van der Waals surface area contributed by atoms with Crippen molar-refractivity contribution in [1.29, 1.82) is 0 Å². The fourth-order valence-corrected chi connectivity index (χ4v) is 3.91. The second-order valence-electron chi connectivity index (χ2n) is 6.72. The molecule has 148 valence electrons. The Hall–Kier alpha value is -1.90. The number of rotatable bonds is 8. The average molecular weight is 394 g/mol. The number of benzene rings is 1. The van der Waals surface area contributed by atoms with Gasteiger partial charge in [-0.1, -0.05) is 6.07 Å². The van der Waals surface area contributed by atoms with E-state index in [4.69, 9.17) is 9.47 Å². The van der Waals surface area contributed by atoms with Crippen molar-refractivity contribution in [1.82, 2.24) is 9.88 Å². The summed E-state index contributed by atoms with van der Waals surface area (Å²) in [6.45, 7) is 2.85. The third-order valence-corrected chi connectivity index (χ3v) is 6.17. The second-order valence-corrected chi connectivity index (χ2v) is 8.58. The molecule has 1 saturated heterocycles. The third-order valence-electron chi connectivity index (χ3n) is 4.98. The van der Waals surface area contributed by atoms with Gasteiger partial charge in [-0.25, -0.2) is 0 Å². The van der Waals surface area contributed by atoms with Crippen LogP contribution in [0.4, 0.5) is 0 Å². The molecule has 1 aromatic heterocycles. The maximum atomic E-state index is 11.4. The second kappa shape index (κ2) is 8.86. The molecule has 0 radical (unpaired) electrons. The standard InChI is InChI=1S/C19H26N2O5S/c1-24-18-12-16-4-3-7-20-17(16)13-19(18)26-14-15-5-8-21(9-6-15)10-11-27(22,23)25-2/h3-4,7,12-13,15H,5-6,8-11,14H2,1-2H3. The van der Waals surface area contributed by atoms with E-state index >= 15 is 0 Å². The van der Waals surface area contributed by atoms with Crippen LogP contribution in [0.25, 0.3) is 10.9 Å². The van der Waals surface area contributed by atoms with E-state index in [1.165, 1.54) is 7.11 Å². The smallest absolute Gasteiger partial charge is 0.268 e. The van der Waals surface area contributed by atoms with Crippen molar-refractivity contribution in [3.05, 3.63) is 30.5 Å². The highest BCUT2D eigenvalue weighted by Gasteiger charge is 2.22. The maximum absolute atomic E-state index is 11.4. The molecule has 0 amide bonds. The van der Waals surface area contributed by atoms with E-state index in [1.54, 1.807) is 13.3 Å². The van der Waals surface area contributed by atoms with Gasteiger partial charge >= 0.3 is 0 Å². The SMILES string of the molecule is COc1cc2cccnc2cc1OCC1CCN(CCS(=O)(=O)OC)CC1. The van der Waals surface area contributed by atoms with E-state index in [2.05, 4.69) is 14.1 Å². The molecule has 1 aromatic carbocycles. The van der Waals surface area contributed by atoms with E-state index in [0.717, 1.165) is 36.8 Å². The Morgan fingerprint density at radius 2 is 1.96 bits per heavy atom. The number of likely N-dealkylation sites (tertiary alicyclic amines) is 1. The van der Waals surface area contributed by atoms with Crippen molar-refractivity contribution in [3.63, 3.8) is 0 Å². The average Bonchev–Trinajstić information content (AvgIpc) is 2.70. The van der Waals surface area contributed by atoms with Gasteiger partial charge in [-0.15, -0.1) is 0 Å². The lowest BCUT2D eigenvalue weighted by Crippen LogP contribution is -2.38. The molecule has 3 rings (SSSR count). The number of hydrogen-bond donors (Lipinski definition) is 0. The summed E-state index contributed by atoms with van der Waals surface area (Å²) in [5.41, 5.74) is 0.877. The Morgan fingerprint density at radius 3 is 2.67 bits per heavy atom. The van der Waals surface area contributed by atoms with Crippen molar-refractivity contribution in [3.8, 4) is 11.5 Å². The molecule has 0 atom stereocenters. The first kappa shape index (κ1) is 19.9. The Balaban J connectivity index is 1.52. The monoisotopic (exact) mass is 394 g/mol. The van der Waals surface area contributed by atoms with Crippen LogP contribution >= 0.6 is 0 Å². The van der Waals surface area contributed by atoms with Gasteiger partial charge in [0.05, 0.1) is 32.1 Å². The van der Waals surface area contributed by atoms with Gasteiger partial charge in [0.1, 0.15) is 0 Å². The molecule has 1 fully saturated rings. The Morgan fingerprint density at radius 1 is 1.19 bits per heavy atom. The van der Waals surface area contributed by atoms with Crippen LogP contribution < -0.4 is 9.47 Å². The van der Waals surface area contributed by atoms with Crippen LogP contribution in [-0.2, 0) is 14.3 Å². The van der Waals surface area contributed by atoms with E-state index < -0.39 is 10.1 Å². The van der Waals surface area contributed by atoms with Crippen molar-refractivity contribution in [2.24, 2.45) is 5.92 Å². The summed E-state index contributed by atoms with van der Waals surface area (Å²) in [4.78, 5) is 6.53. The van der Waals surface area contributed by atoms with Gasteiger partial charge in [-0.3, -0.25) is 9.17 Å². The first-order chi connectivity index (χ1) is 13.0. The zero-order chi connectivity index (χ0) is 19.3. The number of fused-ring (bicyclic) bond motifs is 1. The zero-order valence-electron chi connectivity index (χ0n) is 15.8. The summed E-state index contributed by atoms with van der Waals surface area (Å²) < 4.78 is 38.9. The van der Waals surface area contributed by atoms with Gasteiger partial charge in [-0.2, -0.15) is 8.42 Å². The Kier molecular flexibility index (Phi) is 6.51. The summed E-state index contributed by atoms with van der Waals surface area (Å²) in [7, 11) is -0.551. The molecule has 2 heterocycles. The van der Waals surface area contributed by atoms with Crippen LogP contribution in [-0.4, -0.2) is 64.5 Å². The Bertz CT molecular complexity index is 864. The minimum absolute atomic E-state index is 0.0337. The largest absolute Gasteiger partial charge is 0.493 e. The maximum Gasteiger partial charge on any atom is 0.268 e. The quantitative estimate of drug-likeness (QED) is 0.636. The van der Waals surface area contributed by atoms with Crippen LogP contribution in [0.2, 0.25) is 0 Å². The lowest BCUT2D eigenvalue weighted by Gasteiger charge is -2.31. The molecule has 7 nitrogen and oxygen atoms in total. The Labute approximate surface area is 160 Å². The first-order valence-corrected chi connectivity index (χ1v) is 10.6. The lowest BCUT2D eigenvalue weighted by molar-refractivity contribution is 0.144. The van der Waals surface area contributed by atoms with Gasteiger partial charge in [0.25, 0.3) is 10.1 Å². The fourth-order valence-electron chi connectivity index (χ4n) is 3.26. The summed E-state index contributed by atoms with van der Waals surface area (Å²) >= 11 is 0. The van der Waals surface area contributed by atoms with Crippen molar-refractivity contribution in [2.45, 2.75) is 12.8 Å². The summed E-state index contributed by atoms with van der Waals surface area (Å²) in [5.74, 6) is 1.88. The molecule has 0 spiro atoms. The molecule has 2 aromatic rings. The molecule has 8 heteroatoms. The number of nitrogens with zero attached hydrogens (tertiary/aromatic N) is 2. The van der Waals surface area contributed by atoms with Crippen LogP contribution in [0.1, 0.15) is 12.8 Å². The van der Waals surface area contributed by atoms with Crippen molar-refractivity contribution in [2.75, 3.05) is 46.2 Å². The van der Waals surface area contributed by atoms with Gasteiger partial charge in [0.2, 0.25) is 0 Å². The molecule has 0 aliphatic carbocycles. The normalized spacial score (nSPS) is 16.5. The van der Waals surface area contributed by atoms with Crippen LogP contribution in [0, 0.1) is 5.92 Å². The molecule has 1 aliphatic rings. The number of pyridine rings is 1.